The molecule has 1 saturated heterocycles. The summed E-state index contributed by atoms with van der Waals surface area (Å²) in [5.74, 6) is -0.903. The van der Waals surface area contributed by atoms with Crippen LogP contribution in [0.3, 0.4) is 0 Å². The Bertz CT molecular complexity index is 567. The third-order valence-electron chi connectivity index (χ3n) is 5.73. The number of hydrogen-bond acceptors (Lipinski definition) is 6. The summed E-state index contributed by atoms with van der Waals surface area (Å²) in [5, 5.41) is 22.7. The van der Waals surface area contributed by atoms with Crippen LogP contribution in [0.2, 0.25) is 0 Å². The van der Waals surface area contributed by atoms with Crippen molar-refractivity contribution in [2.45, 2.75) is 43.7 Å². The van der Waals surface area contributed by atoms with Crippen LogP contribution >= 0.6 is 0 Å². The Hall–Kier alpha value is -1.70. The van der Waals surface area contributed by atoms with Crippen LogP contribution in [0.4, 0.5) is 5.69 Å². The van der Waals surface area contributed by atoms with Crippen molar-refractivity contribution in [1.29, 1.82) is 0 Å². The Morgan fingerprint density at radius 1 is 1.19 bits per heavy atom. The number of nitrogens with one attached hydrogen (secondary N) is 1. The zero-order valence-electron chi connectivity index (χ0n) is 15.3. The molecule has 7 heteroatoms. The predicted molar refractivity (Wildman–Crippen MR) is 100 cm³/mol. The minimum atomic E-state index is -0.997. The minimum absolute atomic E-state index is 0.127. The van der Waals surface area contributed by atoms with Gasteiger partial charge < -0.3 is 15.5 Å². The van der Waals surface area contributed by atoms with Gasteiger partial charge in [0, 0.05) is 63.4 Å². The van der Waals surface area contributed by atoms with Crippen molar-refractivity contribution in [1.82, 2.24) is 14.8 Å². The van der Waals surface area contributed by atoms with Gasteiger partial charge in [-0.25, -0.2) is 0 Å². The van der Waals surface area contributed by atoms with Crippen molar-refractivity contribution in [2.24, 2.45) is 0 Å². The highest BCUT2D eigenvalue weighted by atomic mass is 16.4. The van der Waals surface area contributed by atoms with E-state index in [0.717, 1.165) is 57.8 Å². The van der Waals surface area contributed by atoms with Crippen molar-refractivity contribution < 1.29 is 15.0 Å². The molecular formula is C19H30N4O3. The first-order valence-corrected chi connectivity index (χ1v) is 9.59. The molecule has 0 aromatic carbocycles. The van der Waals surface area contributed by atoms with Crippen molar-refractivity contribution in [3.63, 3.8) is 0 Å². The summed E-state index contributed by atoms with van der Waals surface area (Å²) in [4.78, 5) is 19.9. The van der Waals surface area contributed by atoms with Crippen LogP contribution < -0.4 is 5.32 Å². The highest BCUT2D eigenvalue weighted by Gasteiger charge is 2.37. The van der Waals surface area contributed by atoms with E-state index in [4.69, 9.17) is 5.11 Å². The topological polar surface area (TPSA) is 88.9 Å². The largest absolute Gasteiger partial charge is 0.481 e. The molecule has 1 aromatic rings. The first-order chi connectivity index (χ1) is 12.5. The second kappa shape index (κ2) is 8.79. The summed E-state index contributed by atoms with van der Waals surface area (Å²) in [6, 6.07) is 4.44. The smallest absolute Gasteiger partial charge is 0.306 e. The Morgan fingerprint density at radius 2 is 1.85 bits per heavy atom. The summed E-state index contributed by atoms with van der Waals surface area (Å²) in [5.41, 5.74) is 0.109. The molecule has 0 spiro atoms. The van der Waals surface area contributed by atoms with E-state index in [0.29, 0.717) is 18.9 Å². The number of pyridine rings is 1. The molecular weight excluding hydrogens is 332 g/mol. The standard InChI is InChI=1S/C19H30N4O3/c24-18(25)15-19(26)5-1-17(2-6-19)23-13-11-22(12-14-23)10-9-21-16-3-7-20-8-4-16/h3-4,7-8,17,26H,1-2,5-6,9-15H2,(H,20,21)(H,24,25). The maximum atomic E-state index is 10.9. The van der Waals surface area contributed by atoms with E-state index < -0.39 is 11.6 Å². The predicted octanol–water partition coefficient (Wildman–Crippen LogP) is 1.26. The Kier molecular flexibility index (Phi) is 6.45. The SMILES string of the molecule is O=C(O)CC1(O)CCC(N2CCN(CCNc3ccncc3)CC2)CC1. The summed E-state index contributed by atoms with van der Waals surface area (Å²) in [7, 11) is 0. The number of carbonyl (C=O) groups is 1. The second-order valence-electron chi connectivity index (χ2n) is 7.57. The molecule has 1 aromatic heterocycles. The lowest BCUT2D eigenvalue weighted by atomic mass is 9.79. The third-order valence-corrected chi connectivity index (χ3v) is 5.73. The van der Waals surface area contributed by atoms with Gasteiger partial charge in [-0.1, -0.05) is 0 Å². The van der Waals surface area contributed by atoms with Crippen LogP contribution in [0.15, 0.2) is 24.5 Å². The molecule has 1 aliphatic carbocycles. The van der Waals surface area contributed by atoms with E-state index in [1.54, 1.807) is 12.4 Å². The summed E-state index contributed by atoms with van der Waals surface area (Å²) < 4.78 is 0. The highest BCUT2D eigenvalue weighted by molar-refractivity contribution is 5.68. The first kappa shape index (κ1) is 19.1. The molecule has 26 heavy (non-hydrogen) atoms. The van der Waals surface area contributed by atoms with Crippen LogP contribution in [-0.4, -0.2) is 81.9 Å². The molecule has 3 N–H and O–H groups in total. The van der Waals surface area contributed by atoms with Crippen molar-refractivity contribution in [2.75, 3.05) is 44.6 Å². The van der Waals surface area contributed by atoms with Crippen LogP contribution in [0.5, 0.6) is 0 Å². The molecule has 2 heterocycles. The van der Waals surface area contributed by atoms with E-state index in [1.165, 1.54) is 0 Å². The number of carboxylic acid groups (broad SMARTS) is 1. The maximum absolute atomic E-state index is 10.9. The van der Waals surface area contributed by atoms with Gasteiger partial charge in [0.1, 0.15) is 0 Å². The van der Waals surface area contributed by atoms with Crippen molar-refractivity contribution >= 4 is 11.7 Å². The molecule has 0 bridgehead atoms. The number of aromatic nitrogens is 1. The molecule has 3 rings (SSSR count). The van der Waals surface area contributed by atoms with E-state index in [1.807, 2.05) is 12.1 Å². The van der Waals surface area contributed by atoms with Crippen LogP contribution in [0, 0.1) is 0 Å². The monoisotopic (exact) mass is 362 g/mol. The molecule has 1 aliphatic heterocycles. The van der Waals surface area contributed by atoms with Gasteiger partial charge in [-0.15, -0.1) is 0 Å². The lowest BCUT2D eigenvalue weighted by Gasteiger charge is -2.43. The van der Waals surface area contributed by atoms with Crippen molar-refractivity contribution in [3.05, 3.63) is 24.5 Å². The van der Waals surface area contributed by atoms with Gasteiger partial charge in [0.2, 0.25) is 0 Å². The molecule has 2 fully saturated rings. The lowest BCUT2D eigenvalue weighted by molar-refractivity contribution is -0.144. The molecule has 2 aliphatic rings. The fourth-order valence-electron chi connectivity index (χ4n) is 4.14. The Morgan fingerprint density at radius 3 is 2.46 bits per heavy atom. The number of anilines is 1. The first-order valence-electron chi connectivity index (χ1n) is 9.59. The van der Waals surface area contributed by atoms with Gasteiger partial charge in [0.25, 0.3) is 0 Å². The number of aliphatic hydroxyl groups is 1. The van der Waals surface area contributed by atoms with Gasteiger partial charge in [0.15, 0.2) is 0 Å². The van der Waals surface area contributed by atoms with Gasteiger partial charge in [-0.05, 0) is 37.8 Å². The number of rotatable bonds is 7. The summed E-state index contributed by atoms with van der Waals surface area (Å²) >= 11 is 0. The summed E-state index contributed by atoms with van der Waals surface area (Å²) in [6.45, 7) is 6.19. The van der Waals surface area contributed by atoms with Gasteiger partial charge >= 0.3 is 5.97 Å². The molecule has 0 radical (unpaired) electrons. The van der Waals surface area contributed by atoms with E-state index in [2.05, 4.69) is 20.1 Å². The quantitative estimate of drug-likeness (QED) is 0.673. The number of hydrogen-bond donors (Lipinski definition) is 3. The molecule has 0 unspecified atom stereocenters. The van der Waals surface area contributed by atoms with Crippen LogP contribution in [0.1, 0.15) is 32.1 Å². The van der Waals surface area contributed by atoms with Gasteiger partial charge in [0.05, 0.1) is 12.0 Å². The molecule has 0 amide bonds. The van der Waals surface area contributed by atoms with E-state index >= 15 is 0 Å². The number of piperazine rings is 1. The fourth-order valence-corrected chi connectivity index (χ4v) is 4.14. The van der Waals surface area contributed by atoms with Gasteiger partial charge in [-0.2, -0.15) is 0 Å². The maximum Gasteiger partial charge on any atom is 0.306 e. The lowest BCUT2D eigenvalue weighted by Crippen LogP contribution is -2.53. The average molecular weight is 362 g/mol. The third kappa shape index (κ3) is 5.40. The summed E-state index contributed by atoms with van der Waals surface area (Å²) in [6.07, 6.45) is 6.45. The van der Waals surface area contributed by atoms with Crippen LogP contribution in [0.25, 0.3) is 0 Å². The number of nitrogens with zero attached hydrogens (tertiary/aromatic N) is 3. The van der Waals surface area contributed by atoms with E-state index in [-0.39, 0.29) is 6.42 Å². The molecule has 7 nitrogen and oxygen atoms in total. The Balaban J connectivity index is 1.34. The zero-order valence-corrected chi connectivity index (χ0v) is 15.3. The second-order valence-corrected chi connectivity index (χ2v) is 7.57. The average Bonchev–Trinajstić information content (AvgIpc) is 2.63. The van der Waals surface area contributed by atoms with Gasteiger partial charge in [-0.3, -0.25) is 19.6 Å². The zero-order chi connectivity index (χ0) is 18.4. The molecule has 144 valence electrons. The fraction of sp³-hybridized carbons (Fsp3) is 0.684. The molecule has 1 saturated carbocycles. The highest BCUT2D eigenvalue weighted by Crippen LogP contribution is 2.33. The van der Waals surface area contributed by atoms with E-state index in [9.17, 15) is 9.90 Å². The van der Waals surface area contributed by atoms with Crippen molar-refractivity contribution in [3.8, 4) is 0 Å². The van der Waals surface area contributed by atoms with Crippen LogP contribution in [-0.2, 0) is 4.79 Å². The Labute approximate surface area is 155 Å². The minimum Gasteiger partial charge on any atom is -0.481 e. The number of carboxylic acids is 1. The molecule has 0 atom stereocenters. The normalized spacial score (nSPS) is 28.0. The number of aliphatic carboxylic acids is 1.